The van der Waals surface area contributed by atoms with Gasteiger partial charge in [0.2, 0.25) is 0 Å². The highest BCUT2D eigenvalue weighted by atomic mass is 35.5. The average molecular weight is 292 g/mol. The van der Waals surface area contributed by atoms with Crippen molar-refractivity contribution in [2.45, 2.75) is 25.3 Å². The molecular formula is C15H15ClFN3. The van der Waals surface area contributed by atoms with E-state index in [2.05, 4.69) is 15.3 Å². The molecule has 0 amide bonds. The van der Waals surface area contributed by atoms with Crippen molar-refractivity contribution in [2.24, 2.45) is 0 Å². The molecule has 0 aliphatic heterocycles. The molecule has 1 N–H and O–H groups in total. The Balaban J connectivity index is 2.06. The van der Waals surface area contributed by atoms with Crippen molar-refractivity contribution >= 4 is 11.6 Å². The Morgan fingerprint density at radius 3 is 3.05 bits per heavy atom. The van der Waals surface area contributed by atoms with Gasteiger partial charge in [-0.2, -0.15) is 0 Å². The van der Waals surface area contributed by atoms with E-state index in [0.717, 1.165) is 30.5 Å². The predicted molar refractivity (Wildman–Crippen MR) is 77.2 cm³/mol. The molecule has 3 rings (SSSR count). The van der Waals surface area contributed by atoms with Gasteiger partial charge in [-0.3, -0.25) is 0 Å². The van der Waals surface area contributed by atoms with E-state index in [1.165, 1.54) is 6.07 Å². The molecule has 1 unspecified atom stereocenters. The van der Waals surface area contributed by atoms with Gasteiger partial charge in [-0.25, -0.2) is 14.4 Å². The van der Waals surface area contributed by atoms with Crippen LogP contribution in [0.3, 0.4) is 0 Å². The van der Waals surface area contributed by atoms with Crippen LogP contribution in [-0.4, -0.2) is 17.0 Å². The van der Waals surface area contributed by atoms with Gasteiger partial charge in [0.15, 0.2) is 11.6 Å². The fourth-order valence-corrected chi connectivity index (χ4v) is 2.83. The molecule has 3 nitrogen and oxygen atoms in total. The average Bonchev–Trinajstić information content (AvgIpc) is 2.49. The Bertz CT molecular complexity index is 645. The number of fused-ring (bicyclic) bond motifs is 1. The molecule has 5 heteroatoms. The van der Waals surface area contributed by atoms with Gasteiger partial charge in [-0.05, 0) is 38.4 Å². The summed E-state index contributed by atoms with van der Waals surface area (Å²) in [4.78, 5) is 8.85. The second-order valence-electron chi connectivity index (χ2n) is 4.93. The Morgan fingerprint density at radius 1 is 1.40 bits per heavy atom. The molecule has 104 valence electrons. The molecule has 1 aliphatic carbocycles. The molecule has 2 aromatic rings. The number of aryl methyl sites for hydroxylation is 1. The number of nitrogens with zero attached hydrogens (tertiary/aromatic N) is 2. The maximum absolute atomic E-state index is 14.0. The first-order valence-electron chi connectivity index (χ1n) is 6.68. The van der Waals surface area contributed by atoms with Crippen LogP contribution in [0.1, 0.15) is 30.1 Å². The first kappa shape index (κ1) is 13.5. The van der Waals surface area contributed by atoms with Crippen LogP contribution >= 0.6 is 11.6 Å². The summed E-state index contributed by atoms with van der Waals surface area (Å²) in [6.45, 7) is 0. The van der Waals surface area contributed by atoms with Crippen molar-refractivity contribution < 1.29 is 4.39 Å². The van der Waals surface area contributed by atoms with Gasteiger partial charge in [0, 0.05) is 23.5 Å². The number of benzene rings is 1. The molecule has 1 atom stereocenters. The van der Waals surface area contributed by atoms with Crippen molar-refractivity contribution in [1.29, 1.82) is 0 Å². The molecule has 0 saturated heterocycles. The number of rotatable bonds is 2. The van der Waals surface area contributed by atoms with Gasteiger partial charge >= 0.3 is 0 Å². The van der Waals surface area contributed by atoms with Gasteiger partial charge in [-0.1, -0.05) is 17.7 Å². The highest BCUT2D eigenvalue weighted by Gasteiger charge is 2.21. The number of hydrogen-bond acceptors (Lipinski definition) is 3. The van der Waals surface area contributed by atoms with E-state index < -0.39 is 5.82 Å². The lowest BCUT2D eigenvalue weighted by Gasteiger charge is -2.24. The number of aromatic nitrogens is 2. The predicted octanol–water partition coefficient (Wildman–Crippen LogP) is 3.53. The summed E-state index contributed by atoms with van der Waals surface area (Å²) in [5.41, 5.74) is 2.47. The molecule has 1 aromatic heterocycles. The minimum atomic E-state index is -0.463. The van der Waals surface area contributed by atoms with Crippen LogP contribution in [0.2, 0.25) is 5.02 Å². The lowest BCUT2D eigenvalue weighted by atomic mass is 9.92. The van der Waals surface area contributed by atoms with Crippen LogP contribution in [0.5, 0.6) is 0 Å². The Morgan fingerprint density at radius 2 is 2.25 bits per heavy atom. The van der Waals surface area contributed by atoms with E-state index in [1.807, 2.05) is 7.05 Å². The molecule has 0 spiro atoms. The van der Waals surface area contributed by atoms with Gasteiger partial charge in [0.25, 0.3) is 0 Å². The van der Waals surface area contributed by atoms with E-state index in [1.54, 1.807) is 18.3 Å². The topological polar surface area (TPSA) is 37.8 Å². The third kappa shape index (κ3) is 2.30. The first-order chi connectivity index (χ1) is 9.70. The quantitative estimate of drug-likeness (QED) is 0.920. The van der Waals surface area contributed by atoms with E-state index in [-0.39, 0.29) is 11.1 Å². The van der Waals surface area contributed by atoms with Gasteiger partial charge in [0.05, 0.1) is 10.6 Å². The van der Waals surface area contributed by atoms with E-state index in [0.29, 0.717) is 11.4 Å². The molecule has 1 heterocycles. The minimum absolute atomic E-state index is 0.0944. The van der Waals surface area contributed by atoms with Crippen LogP contribution in [-0.2, 0) is 6.42 Å². The molecule has 0 radical (unpaired) electrons. The van der Waals surface area contributed by atoms with Crippen LogP contribution in [0.4, 0.5) is 4.39 Å². The monoisotopic (exact) mass is 291 g/mol. The smallest absolute Gasteiger partial charge is 0.162 e. The summed E-state index contributed by atoms with van der Waals surface area (Å²) in [6, 6.07) is 5.17. The number of nitrogens with one attached hydrogen (secondary N) is 1. The highest BCUT2D eigenvalue weighted by molar-refractivity contribution is 6.31. The summed E-state index contributed by atoms with van der Waals surface area (Å²) in [5.74, 6) is -0.0596. The normalized spacial score (nSPS) is 17.9. The fraction of sp³-hybridized carbons (Fsp3) is 0.333. The zero-order valence-electron chi connectivity index (χ0n) is 11.2. The number of halogens is 2. The Labute approximate surface area is 122 Å². The van der Waals surface area contributed by atoms with Gasteiger partial charge in [-0.15, -0.1) is 0 Å². The molecule has 0 bridgehead atoms. The lowest BCUT2D eigenvalue weighted by molar-refractivity contribution is 0.487. The third-order valence-corrected chi connectivity index (χ3v) is 4.01. The SMILES string of the molecule is CNC1CCCc2nc(-c3cccc(Cl)c3F)ncc21. The van der Waals surface area contributed by atoms with Crippen LogP contribution in [0.15, 0.2) is 24.4 Å². The van der Waals surface area contributed by atoms with Gasteiger partial charge in [0.1, 0.15) is 0 Å². The molecule has 1 aromatic carbocycles. The van der Waals surface area contributed by atoms with Crippen LogP contribution in [0, 0.1) is 5.82 Å². The second kappa shape index (κ2) is 5.46. The zero-order valence-corrected chi connectivity index (χ0v) is 11.9. The molecule has 0 saturated carbocycles. The van der Waals surface area contributed by atoms with E-state index in [4.69, 9.17) is 11.6 Å². The Kier molecular flexibility index (Phi) is 3.68. The standard InChI is InChI=1S/C15H15ClFN3/c1-18-12-6-3-7-13-10(12)8-19-15(20-13)9-4-2-5-11(16)14(9)17/h2,4-5,8,12,18H,3,6-7H2,1H3. The van der Waals surface area contributed by atoms with E-state index >= 15 is 0 Å². The number of hydrogen-bond donors (Lipinski definition) is 1. The molecule has 0 fully saturated rings. The largest absolute Gasteiger partial charge is 0.313 e. The summed E-state index contributed by atoms with van der Waals surface area (Å²) < 4.78 is 14.0. The van der Waals surface area contributed by atoms with Crippen molar-refractivity contribution in [3.05, 3.63) is 46.5 Å². The minimum Gasteiger partial charge on any atom is -0.313 e. The molecular weight excluding hydrogens is 277 g/mol. The third-order valence-electron chi connectivity index (χ3n) is 3.72. The fourth-order valence-electron chi connectivity index (χ4n) is 2.65. The van der Waals surface area contributed by atoms with Gasteiger partial charge < -0.3 is 5.32 Å². The molecule has 20 heavy (non-hydrogen) atoms. The second-order valence-corrected chi connectivity index (χ2v) is 5.34. The maximum Gasteiger partial charge on any atom is 0.162 e. The molecule has 1 aliphatic rings. The van der Waals surface area contributed by atoms with E-state index in [9.17, 15) is 4.39 Å². The summed E-state index contributed by atoms with van der Waals surface area (Å²) in [7, 11) is 1.93. The summed E-state index contributed by atoms with van der Waals surface area (Å²) in [6.07, 6.45) is 4.87. The zero-order chi connectivity index (χ0) is 14.1. The summed E-state index contributed by atoms with van der Waals surface area (Å²) >= 11 is 5.81. The van der Waals surface area contributed by atoms with Crippen molar-refractivity contribution in [2.75, 3.05) is 7.05 Å². The lowest BCUT2D eigenvalue weighted by Crippen LogP contribution is -2.23. The highest BCUT2D eigenvalue weighted by Crippen LogP contribution is 2.30. The summed E-state index contributed by atoms with van der Waals surface area (Å²) in [5, 5.41) is 3.36. The Hall–Kier alpha value is -1.52. The first-order valence-corrected chi connectivity index (χ1v) is 7.06. The van der Waals surface area contributed by atoms with Crippen molar-refractivity contribution in [3.8, 4) is 11.4 Å². The van der Waals surface area contributed by atoms with Crippen molar-refractivity contribution in [3.63, 3.8) is 0 Å². The van der Waals surface area contributed by atoms with Crippen molar-refractivity contribution in [1.82, 2.24) is 15.3 Å². The maximum atomic E-state index is 14.0. The van der Waals surface area contributed by atoms with Crippen LogP contribution in [0.25, 0.3) is 11.4 Å². The van der Waals surface area contributed by atoms with Crippen LogP contribution < -0.4 is 5.32 Å².